The van der Waals surface area contributed by atoms with Gasteiger partial charge in [-0.1, -0.05) is 17.4 Å². The van der Waals surface area contributed by atoms with Crippen LogP contribution in [0, 0.1) is 6.92 Å². The van der Waals surface area contributed by atoms with E-state index in [1.54, 1.807) is 25.3 Å². The SMILES string of the molecule is COc1ccc(C)c2sc(=NC(=O)c3ccc4c(c3)OCO4)n(C)c12. The minimum atomic E-state index is -0.322. The number of methoxy groups -OCH3 is 1. The number of benzene rings is 2. The van der Waals surface area contributed by atoms with Gasteiger partial charge >= 0.3 is 0 Å². The zero-order chi connectivity index (χ0) is 17.6. The van der Waals surface area contributed by atoms with Gasteiger partial charge in [0.05, 0.1) is 11.8 Å². The molecule has 0 saturated carbocycles. The molecule has 1 aliphatic heterocycles. The van der Waals surface area contributed by atoms with Crippen LogP contribution in [0.1, 0.15) is 15.9 Å². The molecule has 4 rings (SSSR count). The first kappa shape index (κ1) is 15.7. The second-order valence-electron chi connectivity index (χ2n) is 5.69. The number of fused-ring (bicyclic) bond motifs is 2. The number of nitrogens with zero attached hydrogens (tertiary/aromatic N) is 2. The number of aryl methyl sites for hydroxylation is 2. The molecule has 0 atom stereocenters. The molecule has 0 N–H and O–H groups in total. The molecule has 0 bridgehead atoms. The smallest absolute Gasteiger partial charge is 0.279 e. The molecule has 2 aromatic carbocycles. The highest BCUT2D eigenvalue weighted by Crippen LogP contribution is 2.33. The van der Waals surface area contributed by atoms with E-state index in [2.05, 4.69) is 4.99 Å². The van der Waals surface area contributed by atoms with Gasteiger partial charge in [0, 0.05) is 12.6 Å². The third kappa shape index (κ3) is 2.56. The van der Waals surface area contributed by atoms with Gasteiger partial charge in [-0.15, -0.1) is 0 Å². The zero-order valence-corrected chi connectivity index (χ0v) is 14.8. The fraction of sp³-hybridized carbons (Fsp3) is 0.222. The number of ether oxygens (including phenoxy) is 3. The summed E-state index contributed by atoms with van der Waals surface area (Å²) >= 11 is 1.47. The highest BCUT2D eigenvalue weighted by atomic mass is 32.1. The average Bonchev–Trinajstić information content (AvgIpc) is 3.21. The van der Waals surface area contributed by atoms with Gasteiger partial charge in [0.25, 0.3) is 5.91 Å². The Kier molecular flexibility index (Phi) is 3.73. The Morgan fingerprint density at radius 3 is 2.84 bits per heavy atom. The van der Waals surface area contributed by atoms with E-state index in [4.69, 9.17) is 14.2 Å². The number of carbonyl (C=O) groups is 1. The van der Waals surface area contributed by atoms with Crippen molar-refractivity contribution < 1.29 is 19.0 Å². The molecular formula is C18H16N2O4S. The predicted molar refractivity (Wildman–Crippen MR) is 94.5 cm³/mol. The molecule has 0 unspecified atom stereocenters. The van der Waals surface area contributed by atoms with E-state index < -0.39 is 0 Å². The molecule has 6 nitrogen and oxygen atoms in total. The maximum Gasteiger partial charge on any atom is 0.279 e. The first-order valence-corrected chi connectivity index (χ1v) is 8.52. The normalized spacial score (nSPS) is 13.5. The monoisotopic (exact) mass is 356 g/mol. The summed E-state index contributed by atoms with van der Waals surface area (Å²) in [6.07, 6.45) is 0. The summed E-state index contributed by atoms with van der Waals surface area (Å²) in [7, 11) is 3.52. The topological polar surface area (TPSA) is 62.1 Å². The van der Waals surface area contributed by atoms with Crippen LogP contribution in [0.15, 0.2) is 35.3 Å². The van der Waals surface area contributed by atoms with E-state index in [1.165, 1.54) is 11.3 Å². The molecule has 128 valence electrons. The fourth-order valence-electron chi connectivity index (χ4n) is 2.80. The Hall–Kier alpha value is -2.80. The molecule has 2 heterocycles. The molecule has 1 amide bonds. The van der Waals surface area contributed by atoms with E-state index in [0.717, 1.165) is 21.5 Å². The number of rotatable bonds is 2. The predicted octanol–water partition coefficient (Wildman–Crippen LogP) is 3.03. The number of aromatic nitrogens is 1. The van der Waals surface area contributed by atoms with Crippen molar-refractivity contribution in [2.75, 3.05) is 13.9 Å². The van der Waals surface area contributed by atoms with Gasteiger partial charge in [0.2, 0.25) is 6.79 Å². The lowest BCUT2D eigenvalue weighted by Gasteiger charge is -2.05. The summed E-state index contributed by atoms with van der Waals surface area (Å²) in [5.74, 6) is 1.65. The van der Waals surface area contributed by atoms with Gasteiger partial charge in [0.15, 0.2) is 16.3 Å². The second-order valence-corrected chi connectivity index (χ2v) is 6.67. The van der Waals surface area contributed by atoms with Gasteiger partial charge in [-0.25, -0.2) is 0 Å². The molecule has 7 heteroatoms. The Labute approximate surface area is 147 Å². The van der Waals surface area contributed by atoms with Gasteiger partial charge in [0.1, 0.15) is 11.3 Å². The molecule has 0 radical (unpaired) electrons. The van der Waals surface area contributed by atoms with E-state index >= 15 is 0 Å². The van der Waals surface area contributed by atoms with Crippen LogP contribution in [0.25, 0.3) is 10.2 Å². The van der Waals surface area contributed by atoms with Gasteiger partial charge in [-0.3, -0.25) is 4.79 Å². The van der Waals surface area contributed by atoms with Crippen LogP contribution in [0.2, 0.25) is 0 Å². The summed E-state index contributed by atoms with van der Waals surface area (Å²) in [5, 5.41) is 0. The largest absolute Gasteiger partial charge is 0.495 e. The van der Waals surface area contributed by atoms with Crippen LogP contribution in [0.4, 0.5) is 0 Å². The lowest BCUT2D eigenvalue weighted by atomic mass is 10.2. The zero-order valence-electron chi connectivity index (χ0n) is 14.0. The number of carbonyl (C=O) groups excluding carboxylic acids is 1. The molecule has 0 fully saturated rings. The van der Waals surface area contributed by atoms with Crippen molar-refractivity contribution in [2.24, 2.45) is 12.0 Å². The molecule has 1 aliphatic rings. The van der Waals surface area contributed by atoms with Crippen LogP contribution in [0.3, 0.4) is 0 Å². The Morgan fingerprint density at radius 1 is 1.24 bits per heavy atom. The highest BCUT2D eigenvalue weighted by Gasteiger charge is 2.17. The van der Waals surface area contributed by atoms with Crippen molar-refractivity contribution in [1.29, 1.82) is 0 Å². The minimum Gasteiger partial charge on any atom is -0.495 e. The van der Waals surface area contributed by atoms with Crippen LogP contribution in [-0.2, 0) is 7.05 Å². The summed E-state index contributed by atoms with van der Waals surface area (Å²) in [6, 6.07) is 9.00. The van der Waals surface area contributed by atoms with E-state index in [0.29, 0.717) is 21.9 Å². The van der Waals surface area contributed by atoms with Crippen molar-refractivity contribution in [1.82, 2.24) is 4.57 Å². The first-order valence-electron chi connectivity index (χ1n) is 7.70. The van der Waals surface area contributed by atoms with E-state index in [9.17, 15) is 4.79 Å². The lowest BCUT2D eigenvalue weighted by molar-refractivity contribution is 0.0997. The molecule has 25 heavy (non-hydrogen) atoms. The molecule has 3 aromatic rings. The van der Waals surface area contributed by atoms with E-state index in [-0.39, 0.29) is 12.7 Å². The van der Waals surface area contributed by atoms with Gasteiger partial charge in [-0.05, 0) is 36.8 Å². The maximum absolute atomic E-state index is 12.6. The van der Waals surface area contributed by atoms with Gasteiger partial charge in [-0.2, -0.15) is 4.99 Å². The van der Waals surface area contributed by atoms with Crippen molar-refractivity contribution >= 4 is 27.5 Å². The Bertz CT molecular complexity index is 1060. The third-order valence-electron chi connectivity index (χ3n) is 4.14. The number of thiazole rings is 1. The summed E-state index contributed by atoms with van der Waals surface area (Å²) in [6.45, 7) is 2.20. The van der Waals surface area contributed by atoms with Crippen LogP contribution >= 0.6 is 11.3 Å². The summed E-state index contributed by atoms with van der Waals surface area (Å²) < 4.78 is 19.0. The van der Waals surface area contributed by atoms with Crippen LogP contribution < -0.4 is 19.0 Å². The van der Waals surface area contributed by atoms with Crippen LogP contribution in [0.5, 0.6) is 17.2 Å². The fourth-order valence-corrected chi connectivity index (χ4v) is 3.90. The number of hydrogen-bond donors (Lipinski definition) is 0. The maximum atomic E-state index is 12.6. The molecule has 0 saturated heterocycles. The Balaban J connectivity index is 1.82. The molecule has 0 aliphatic carbocycles. The van der Waals surface area contributed by atoms with Crippen molar-refractivity contribution in [3.8, 4) is 17.2 Å². The van der Waals surface area contributed by atoms with E-state index in [1.807, 2.05) is 30.7 Å². The van der Waals surface area contributed by atoms with Gasteiger partial charge < -0.3 is 18.8 Å². The second kappa shape index (κ2) is 5.93. The molecule has 0 spiro atoms. The number of hydrogen-bond acceptors (Lipinski definition) is 5. The first-order chi connectivity index (χ1) is 12.1. The summed E-state index contributed by atoms with van der Waals surface area (Å²) in [4.78, 5) is 17.5. The summed E-state index contributed by atoms with van der Waals surface area (Å²) in [5.41, 5.74) is 2.52. The van der Waals surface area contributed by atoms with Crippen LogP contribution in [-0.4, -0.2) is 24.4 Å². The Morgan fingerprint density at radius 2 is 2.04 bits per heavy atom. The van der Waals surface area contributed by atoms with Crippen molar-refractivity contribution in [3.63, 3.8) is 0 Å². The average molecular weight is 356 g/mol. The standard InChI is InChI=1S/C18H16N2O4S/c1-10-4-6-13(22-3)15-16(10)25-18(20(15)2)19-17(21)11-5-7-12-14(8-11)24-9-23-12/h4-8H,9H2,1-3H3. The lowest BCUT2D eigenvalue weighted by Crippen LogP contribution is -2.13. The van der Waals surface area contributed by atoms with Crippen molar-refractivity contribution in [2.45, 2.75) is 6.92 Å². The molecular weight excluding hydrogens is 340 g/mol. The third-order valence-corrected chi connectivity index (χ3v) is 5.41. The van der Waals surface area contributed by atoms with Crippen molar-refractivity contribution in [3.05, 3.63) is 46.3 Å². The molecule has 1 aromatic heterocycles. The quantitative estimate of drug-likeness (QED) is 0.708. The highest BCUT2D eigenvalue weighted by molar-refractivity contribution is 7.16. The minimum absolute atomic E-state index is 0.175. The number of amides is 1.